The van der Waals surface area contributed by atoms with Gasteiger partial charge in [-0.1, -0.05) is 28.1 Å². The van der Waals surface area contributed by atoms with Gasteiger partial charge in [-0.05, 0) is 6.42 Å². The van der Waals surface area contributed by atoms with Gasteiger partial charge in [0.25, 0.3) is 0 Å². The molecule has 152 valence electrons. The average molecular weight is 442 g/mol. The Kier molecular flexibility index (Phi) is 5.54. The Morgan fingerprint density at radius 3 is 2.52 bits per heavy atom. The minimum Gasteiger partial charge on any atom is -0.372 e. The number of anilines is 3. The summed E-state index contributed by atoms with van der Waals surface area (Å²) < 4.78 is 39.1. The van der Waals surface area contributed by atoms with Crippen molar-refractivity contribution in [1.29, 1.82) is 0 Å². The summed E-state index contributed by atoms with van der Waals surface area (Å²) in [6, 6.07) is 0. The van der Waals surface area contributed by atoms with Gasteiger partial charge < -0.3 is 16.0 Å². The minimum absolute atomic E-state index is 0.0693. The maximum atomic E-state index is 13.0. The largest absolute Gasteiger partial charge is 0.421 e. The van der Waals surface area contributed by atoms with Gasteiger partial charge in [-0.25, -0.2) is 9.97 Å². The number of hydrogen-bond donors (Lipinski definition) is 3. The van der Waals surface area contributed by atoms with Gasteiger partial charge in [0.15, 0.2) is 5.15 Å². The van der Waals surface area contributed by atoms with Crippen LogP contribution in [0.1, 0.15) is 17.0 Å². The van der Waals surface area contributed by atoms with E-state index < -0.39 is 22.3 Å². The Morgan fingerprint density at radius 2 is 2.00 bits per heavy atom. The number of carbonyl (C=O) groups excluding carboxylic acids is 1. The fourth-order valence-corrected chi connectivity index (χ4v) is 4.95. The van der Waals surface area contributed by atoms with Crippen LogP contribution in [0.4, 0.5) is 29.9 Å². The third kappa shape index (κ3) is 3.79. The first-order valence-corrected chi connectivity index (χ1v) is 9.93. The molecule has 3 N–H and O–H groups in total. The second-order valence-electron chi connectivity index (χ2n) is 7.63. The van der Waals surface area contributed by atoms with Crippen LogP contribution in [0.5, 0.6) is 0 Å². The van der Waals surface area contributed by atoms with Crippen molar-refractivity contribution in [3.63, 3.8) is 0 Å². The lowest BCUT2D eigenvalue weighted by Gasteiger charge is -2.37. The topological polar surface area (TPSA) is 91.8 Å². The summed E-state index contributed by atoms with van der Waals surface area (Å²) in [5.74, 6) is -0.553. The van der Waals surface area contributed by atoms with Crippen LogP contribution in [-0.4, -0.2) is 58.0 Å². The van der Waals surface area contributed by atoms with E-state index in [1.54, 1.807) is 0 Å². The monoisotopic (exact) mass is 442 g/mol. The van der Waals surface area contributed by atoms with Crippen LogP contribution in [0.15, 0.2) is 6.20 Å². The molecule has 1 aliphatic heterocycles. The van der Waals surface area contributed by atoms with Crippen LogP contribution in [-0.2, 0) is 16.4 Å². The number of amides is 1. The number of rotatable bonds is 5. The molecule has 29 heavy (non-hydrogen) atoms. The number of nitrogens with zero attached hydrogens (tertiary/aromatic N) is 3. The van der Waals surface area contributed by atoms with Crippen LogP contribution < -0.4 is 16.0 Å². The summed E-state index contributed by atoms with van der Waals surface area (Å²) in [5, 5.41) is 8.65. The molecule has 1 amide bonds. The number of halogens is 4. The van der Waals surface area contributed by atoms with Crippen LogP contribution in [0, 0.1) is 0 Å². The molecule has 1 saturated heterocycles. The third-order valence-corrected chi connectivity index (χ3v) is 6.48. The number of thiazole rings is 1. The Labute approximate surface area is 176 Å². The molecule has 0 unspecified atom stereocenters. The predicted octanol–water partition coefficient (Wildman–Crippen LogP) is 0.121. The summed E-state index contributed by atoms with van der Waals surface area (Å²) in [4.78, 5) is 24.7. The molecule has 3 heterocycles. The number of hydrogen-bond acceptors (Lipinski definition) is 7. The molecule has 7 nitrogen and oxygen atoms in total. The van der Waals surface area contributed by atoms with Gasteiger partial charge in [0.05, 0.1) is 29.0 Å². The highest BCUT2D eigenvalue weighted by Crippen LogP contribution is 2.49. The zero-order valence-electron chi connectivity index (χ0n) is 16.2. The first-order chi connectivity index (χ1) is 13.4. The molecule has 0 radical (unpaired) electrons. The zero-order valence-corrected chi connectivity index (χ0v) is 17.7. The van der Waals surface area contributed by atoms with Crippen molar-refractivity contribution in [1.82, 2.24) is 20.3 Å². The summed E-state index contributed by atoms with van der Waals surface area (Å²) in [5.41, 5.74) is -1.82. The molecule has 0 spiro atoms. The van der Waals surface area contributed by atoms with E-state index in [2.05, 4.69) is 30.9 Å². The van der Waals surface area contributed by atoms with Gasteiger partial charge >= 0.3 is 6.18 Å². The normalized spacial score (nSPS) is 19.8. The summed E-state index contributed by atoms with van der Waals surface area (Å²) in [7, 11) is 7.21. The lowest BCUT2D eigenvalue weighted by Crippen LogP contribution is -2.47. The van der Waals surface area contributed by atoms with E-state index in [0.29, 0.717) is 29.2 Å². The first-order valence-electron chi connectivity index (χ1n) is 8.74. The quantitative estimate of drug-likeness (QED) is 0.570. The van der Waals surface area contributed by atoms with E-state index in [0.717, 1.165) is 0 Å². The third-order valence-electron chi connectivity index (χ3n) is 4.96. The molecule has 1 atom stereocenters. The Bertz CT molecular complexity index is 954. The second-order valence-corrected chi connectivity index (χ2v) is 8.99. The molecule has 1 fully saturated rings. The molecule has 1 aliphatic rings. The molecule has 3 rings (SSSR count). The van der Waals surface area contributed by atoms with E-state index in [1.165, 1.54) is 18.4 Å². The van der Waals surface area contributed by atoms with Gasteiger partial charge in [-0.3, -0.25) is 4.79 Å². The molecular formula is C14H17B3ClF3N6OS. The molecule has 0 aromatic carbocycles. The van der Waals surface area contributed by atoms with Crippen molar-refractivity contribution in [2.75, 3.05) is 24.2 Å². The number of aromatic nitrogens is 3. The zero-order chi connectivity index (χ0) is 21.6. The highest BCUT2D eigenvalue weighted by molar-refractivity contribution is 7.16. The summed E-state index contributed by atoms with van der Waals surface area (Å²) in [6.07, 6.45) is -3.32. The Balaban J connectivity index is 1.97. The van der Waals surface area contributed by atoms with Crippen molar-refractivity contribution >= 4 is 69.2 Å². The van der Waals surface area contributed by atoms with Crippen LogP contribution in [0.3, 0.4) is 0 Å². The van der Waals surface area contributed by atoms with Crippen LogP contribution >= 0.6 is 22.9 Å². The Hall–Kier alpha value is -1.95. The van der Waals surface area contributed by atoms with Crippen molar-refractivity contribution in [3.8, 4) is 0 Å². The highest BCUT2D eigenvalue weighted by Gasteiger charge is 2.54. The molecule has 0 aliphatic carbocycles. The molecule has 2 aromatic heterocycles. The summed E-state index contributed by atoms with van der Waals surface area (Å²) in [6.45, 7) is 0.531. The summed E-state index contributed by atoms with van der Waals surface area (Å²) >= 11 is 7.43. The second kappa shape index (κ2) is 7.39. The van der Waals surface area contributed by atoms with E-state index in [1.807, 2.05) is 23.5 Å². The van der Waals surface area contributed by atoms with E-state index in [4.69, 9.17) is 11.6 Å². The maximum Gasteiger partial charge on any atom is 0.421 e. The minimum atomic E-state index is -4.58. The average Bonchev–Trinajstić information content (AvgIpc) is 3.17. The van der Waals surface area contributed by atoms with Gasteiger partial charge in [-0.15, -0.1) is 0 Å². The number of nitrogens with one attached hydrogen (secondary N) is 3. The van der Waals surface area contributed by atoms with E-state index >= 15 is 0 Å². The van der Waals surface area contributed by atoms with Crippen molar-refractivity contribution in [2.24, 2.45) is 0 Å². The maximum absolute atomic E-state index is 13.0. The van der Waals surface area contributed by atoms with Gasteiger partial charge in [0.2, 0.25) is 11.9 Å². The lowest BCUT2D eigenvalue weighted by molar-refractivity contribution is -0.137. The lowest BCUT2D eigenvalue weighted by atomic mass is 9.32. The smallest absolute Gasteiger partial charge is 0.372 e. The van der Waals surface area contributed by atoms with E-state index in [9.17, 15) is 18.0 Å². The van der Waals surface area contributed by atoms with Crippen LogP contribution in [0.25, 0.3) is 0 Å². The fourth-order valence-electron chi connectivity index (χ4n) is 3.37. The molecule has 15 heteroatoms. The van der Waals surface area contributed by atoms with E-state index in [-0.39, 0.29) is 22.8 Å². The van der Waals surface area contributed by atoms with Gasteiger partial charge in [0.1, 0.15) is 21.4 Å². The predicted molar refractivity (Wildman–Crippen MR) is 115 cm³/mol. The SMILES string of the molecule is BC(B)(B)[C@]1(c2nc(Cl)c(Nc3ncc(C(F)(F)F)c(NC)n3)s2)CCNC1=O. The van der Waals surface area contributed by atoms with Crippen molar-refractivity contribution < 1.29 is 18.0 Å². The molecule has 2 aromatic rings. The van der Waals surface area contributed by atoms with Gasteiger partial charge in [0, 0.05) is 19.8 Å². The first kappa shape index (κ1) is 21.8. The number of alkyl halides is 3. The standard InChI is InChI=1S/C14H17B3ClF3N6OS/c1-22-7-5(13(19,20)21)4-24-11(26-7)27-8-6(18)25-10(29-8)12(14(15,16)17)2-3-23-9(12)28/h4H,2-3,15-17H2,1H3,(H,23,28)(H2,22,24,26,27)/t12-/m1/s1. The highest BCUT2D eigenvalue weighted by atomic mass is 35.5. The Morgan fingerprint density at radius 1 is 1.31 bits per heavy atom. The fraction of sp³-hybridized carbons (Fsp3) is 0.429. The van der Waals surface area contributed by atoms with Gasteiger partial charge in [-0.2, -0.15) is 18.2 Å². The molecular weight excluding hydrogens is 425 g/mol. The molecule has 0 saturated carbocycles. The van der Waals surface area contributed by atoms with Crippen molar-refractivity contribution in [2.45, 2.75) is 23.1 Å². The molecule has 0 bridgehead atoms. The number of carbonyl (C=O) groups is 1. The van der Waals surface area contributed by atoms with Crippen molar-refractivity contribution in [3.05, 3.63) is 21.9 Å². The van der Waals surface area contributed by atoms with Crippen LogP contribution in [0.2, 0.25) is 10.3 Å².